The fourth-order valence-electron chi connectivity index (χ4n) is 1.97. The molecule has 1 aromatic carbocycles. The van der Waals surface area contributed by atoms with E-state index in [0.29, 0.717) is 5.92 Å². The second-order valence-electron chi connectivity index (χ2n) is 3.72. The topological polar surface area (TPSA) is 3.24 Å². The normalized spacial score (nSPS) is 22.0. The maximum absolute atomic E-state index is 6.04. The molecule has 0 fully saturated rings. The molecule has 1 unspecified atom stereocenters. The van der Waals surface area contributed by atoms with Crippen molar-refractivity contribution in [2.75, 3.05) is 13.1 Å². The monoisotopic (exact) mass is 231 g/mol. The zero-order chi connectivity index (χ0) is 9.26. The maximum Gasteiger partial charge on any atom is 0.0205 e. The molecule has 3 heteroatoms. The number of hydrogen-bond donors (Lipinski definition) is 0. The molecule has 2 rings (SSSR count). The lowest BCUT2D eigenvalue weighted by Gasteiger charge is -2.14. The molecule has 1 nitrogen and oxygen atoms in total. The summed E-state index contributed by atoms with van der Waals surface area (Å²) in [7, 11) is 0. The summed E-state index contributed by atoms with van der Waals surface area (Å²) in [6.07, 6.45) is 1.07. The van der Waals surface area contributed by atoms with E-state index in [-0.39, 0.29) is 12.4 Å². The lowest BCUT2D eigenvalue weighted by atomic mass is 9.96. The number of halogens is 2. The van der Waals surface area contributed by atoms with Crippen molar-refractivity contribution in [3.63, 3.8) is 0 Å². The summed E-state index contributed by atoms with van der Waals surface area (Å²) in [5.41, 5.74) is 2.92. The molecule has 1 aliphatic rings. The van der Waals surface area contributed by atoms with Crippen LogP contribution in [0.5, 0.6) is 0 Å². The molecule has 0 bridgehead atoms. The van der Waals surface area contributed by atoms with E-state index in [9.17, 15) is 0 Å². The summed E-state index contributed by atoms with van der Waals surface area (Å²) >= 11 is 6.04. The fraction of sp³-hybridized carbons (Fsp3) is 0.455. The van der Waals surface area contributed by atoms with Crippen LogP contribution < -0.4 is 0 Å². The minimum atomic E-state index is 0. The van der Waals surface area contributed by atoms with E-state index in [1.165, 1.54) is 11.1 Å². The Balaban J connectivity index is 0.000000980. The predicted molar refractivity (Wildman–Crippen MR) is 63.2 cm³/mol. The smallest absolute Gasteiger partial charge is 0.0205 e. The number of nitrogens with zero attached hydrogens (tertiary/aromatic N) is 1. The molecule has 78 valence electrons. The van der Waals surface area contributed by atoms with Crippen LogP contribution in [0.25, 0.3) is 0 Å². The van der Waals surface area contributed by atoms with Gasteiger partial charge in [-0.2, -0.15) is 0 Å². The average Bonchev–Trinajstić information content (AvgIpc) is 2.27. The summed E-state index contributed by atoms with van der Waals surface area (Å²) in [5.74, 6) is 0.552. The van der Waals surface area contributed by atoms with Gasteiger partial charge in [-0.25, -0.2) is 4.42 Å². The minimum Gasteiger partial charge on any atom is -0.219 e. The third-order valence-electron chi connectivity index (χ3n) is 2.68. The maximum atomic E-state index is 6.04. The Morgan fingerprint density at radius 3 is 2.86 bits per heavy atom. The third kappa shape index (κ3) is 2.41. The molecular formula is C11H15Cl2N. The number of benzene rings is 1. The molecular weight excluding hydrogens is 217 g/mol. The van der Waals surface area contributed by atoms with E-state index < -0.39 is 0 Å². The highest BCUT2D eigenvalue weighted by atomic mass is 35.5. The lowest BCUT2D eigenvalue weighted by molar-refractivity contribution is 0.446. The highest BCUT2D eigenvalue weighted by Gasteiger charge is 2.17. The van der Waals surface area contributed by atoms with Crippen molar-refractivity contribution >= 4 is 24.2 Å². The quantitative estimate of drug-likeness (QED) is 0.621. The van der Waals surface area contributed by atoms with Gasteiger partial charge >= 0.3 is 0 Å². The van der Waals surface area contributed by atoms with Gasteiger partial charge in [0.05, 0.1) is 0 Å². The molecule has 14 heavy (non-hydrogen) atoms. The summed E-state index contributed by atoms with van der Waals surface area (Å²) in [4.78, 5) is 0. The van der Waals surface area contributed by atoms with Crippen molar-refractivity contribution in [1.29, 1.82) is 0 Å². The molecule has 0 spiro atoms. The van der Waals surface area contributed by atoms with Crippen molar-refractivity contribution in [2.45, 2.75) is 19.3 Å². The van der Waals surface area contributed by atoms with E-state index >= 15 is 0 Å². The largest absolute Gasteiger partial charge is 0.219 e. The summed E-state index contributed by atoms with van der Waals surface area (Å²) in [6.45, 7) is 4.15. The Kier molecular flexibility index (Phi) is 4.24. The standard InChI is InChI=1S/C11H14ClN.ClH/c1-9-8-13(12)7-6-10-4-2-3-5-11(9)10;/h2-5,9H,6-8H2,1H3;1H. The van der Waals surface area contributed by atoms with Crippen LogP contribution >= 0.6 is 24.2 Å². The SMILES string of the molecule is CC1CN(Cl)CCc2ccccc21.Cl. The molecule has 0 aromatic heterocycles. The van der Waals surface area contributed by atoms with Crippen LogP contribution in [0, 0.1) is 0 Å². The Hall–Kier alpha value is -0.240. The Morgan fingerprint density at radius 2 is 2.07 bits per heavy atom. The van der Waals surface area contributed by atoms with Gasteiger partial charge in [-0.05, 0) is 35.2 Å². The summed E-state index contributed by atoms with van der Waals surface area (Å²) in [5, 5.41) is 0. The molecule has 0 radical (unpaired) electrons. The molecule has 1 aromatic rings. The van der Waals surface area contributed by atoms with Gasteiger partial charge in [-0.3, -0.25) is 0 Å². The van der Waals surface area contributed by atoms with Crippen LogP contribution in [0.1, 0.15) is 24.0 Å². The molecule has 0 amide bonds. The number of hydrogen-bond acceptors (Lipinski definition) is 1. The average molecular weight is 232 g/mol. The van der Waals surface area contributed by atoms with Crippen LogP contribution in [0.15, 0.2) is 24.3 Å². The van der Waals surface area contributed by atoms with Gasteiger partial charge in [0.1, 0.15) is 0 Å². The van der Waals surface area contributed by atoms with Crippen molar-refractivity contribution in [2.24, 2.45) is 0 Å². The number of fused-ring (bicyclic) bond motifs is 1. The molecule has 0 saturated carbocycles. The van der Waals surface area contributed by atoms with E-state index in [4.69, 9.17) is 11.8 Å². The summed E-state index contributed by atoms with van der Waals surface area (Å²) in [6, 6.07) is 8.65. The minimum absolute atomic E-state index is 0. The predicted octanol–water partition coefficient (Wildman–Crippen LogP) is 3.22. The van der Waals surface area contributed by atoms with Crippen molar-refractivity contribution in [3.05, 3.63) is 35.4 Å². The zero-order valence-corrected chi connectivity index (χ0v) is 9.81. The molecule has 0 N–H and O–H groups in total. The first-order chi connectivity index (χ1) is 6.27. The molecule has 1 atom stereocenters. The Labute approximate surface area is 96.6 Å². The van der Waals surface area contributed by atoms with Gasteiger partial charge in [0, 0.05) is 13.1 Å². The van der Waals surface area contributed by atoms with E-state index in [2.05, 4.69) is 31.2 Å². The Bertz CT molecular complexity index is 301. The van der Waals surface area contributed by atoms with E-state index in [1.807, 2.05) is 4.42 Å². The molecule has 0 saturated heterocycles. The van der Waals surface area contributed by atoms with Gasteiger partial charge in [0.2, 0.25) is 0 Å². The van der Waals surface area contributed by atoms with E-state index in [0.717, 1.165) is 19.5 Å². The summed E-state index contributed by atoms with van der Waals surface area (Å²) < 4.78 is 1.89. The van der Waals surface area contributed by atoms with Crippen LogP contribution in [-0.2, 0) is 6.42 Å². The van der Waals surface area contributed by atoms with Crippen LogP contribution in [-0.4, -0.2) is 17.5 Å². The molecule has 1 heterocycles. The first kappa shape index (κ1) is 11.8. The van der Waals surface area contributed by atoms with Crippen LogP contribution in [0.2, 0.25) is 0 Å². The Morgan fingerprint density at radius 1 is 1.36 bits per heavy atom. The number of rotatable bonds is 0. The first-order valence-corrected chi connectivity index (χ1v) is 5.09. The van der Waals surface area contributed by atoms with Gasteiger partial charge in [0.25, 0.3) is 0 Å². The van der Waals surface area contributed by atoms with Crippen LogP contribution in [0.3, 0.4) is 0 Å². The second kappa shape index (κ2) is 5.01. The fourth-order valence-corrected chi connectivity index (χ4v) is 2.26. The van der Waals surface area contributed by atoms with Gasteiger partial charge < -0.3 is 0 Å². The van der Waals surface area contributed by atoms with Gasteiger partial charge in [-0.15, -0.1) is 12.4 Å². The van der Waals surface area contributed by atoms with Crippen molar-refractivity contribution < 1.29 is 0 Å². The zero-order valence-electron chi connectivity index (χ0n) is 8.24. The lowest BCUT2D eigenvalue weighted by Crippen LogP contribution is -2.16. The van der Waals surface area contributed by atoms with Crippen molar-refractivity contribution in [3.8, 4) is 0 Å². The van der Waals surface area contributed by atoms with Crippen LogP contribution in [0.4, 0.5) is 0 Å². The highest BCUT2D eigenvalue weighted by molar-refractivity contribution is 6.13. The molecule has 1 aliphatic heterocycles. The second-order valence-corrected chi connectivity index (χ2v) is 4.20. The molecule has 0 aliphatic carbocycles. The van der Waals surface area contributed by atoms with Gasteiger partial charge in [-0.1, -0.05) is 31.2 Å². The first-order valence-electron chi connectivity index (χ1n) is 4.76. The van der Waals surface area contributed by atoms with E-state index in [1.54, 1.807) is 0 Å². The van der Waals surface area contributed by atoms with Gasteiger partial charge in [0.15, 0.2) is 0 Å². The third-order valence-corrected chi connectivity index (χ3v) is 2.99. The van der Waals surface area contributed by atoms with Crippen molar-refractivity contribution in [1.82, 2.24) is 4.42 Å². The highest BCUT2D eigenvalue weighted by Crippen LogP contribution is 2.25.